The number of nitrogens with zero attached hydrogens (tertiary/aromatic N) is 3. The van der Waals surface area contributed by atoms with Gasteiger partial charge in [-0.15, -0.1) is 0 Å². The predicted molar refractivity (Wildman–Crippen MR) is 103 cm³/mol. The third kappa shape index (κ3) is 3.54. The van der Waals surface area contributed by atoms with E-state index < -0.39 is 0 Å². The second-order valence-electron chi connectivity index (χ2n) is 6.60. The first-order valence-electron chi connectivity index (χ1n) is 8.77. The molecule has 1 saturated heterocycles. The Balaban J connectivity index is 1.43. The molecule has 3 heterocycles. The van der Waals surface area contributed by atoms with Crippen molar-refractivity contribution in [1.82, 2.24) is 14.8 Å². The van der Waals surface area contributed by atoms with E-state index in [2.05, 4.69) is 20.7 Å². The lowest BCUT2D eigenvalue weighted by Gasteiger charge is -2.10. The number of pyridine rings is 1. The number of nitrogens with one attached hydrogen (secondary N) is 2. The Morgan fingerprint density at radius 3 is 2.63 bits per heavy atom. The molecule has 27 heavy (non-hydrogen) atoms. The largest absolute Gasteiger partial charge is 0.356 e. The molecule has 2 aromatic heterocycles. The lowest BCUT2D eigenvalue weighted by atomic mass is 10.2. The van der Waals surface area contributed by atoms with Crippen LogP contribution in [0, 0.1) is 13.8 Å². The fourth-order valence-corrected chi connectivity index (χ4v) is 3.00. The number of para-hydroxylation sites is 1. The van der Waals surface area contributed by atoms with E-state index in [9.17, 15) is 4.79 Å². The van der Waals surface area contributed by atoms with Crippen molar-refractivity contribution in [3.05, 3.63) is 71.3 Å². The molecule has 1 aliphatic rings. The number of carbonyl (C=O) groups is 1. The third-order valence-electron chi connectivity index (χ3n) is 4.65. The zero-order chi connectivity index (χ0) is 19.0. The highest BCUT2D eigenvalue weighted by atomic mass is 16.6. The SMILES string of the molecule is Cc1ccccc1NC(=O)c1ccc(NC2OC2c2ccnn2C)c(C)n1. The predicted octanol–water partition coefficient (Wildman–Crippen LogP) is 3.19. The van der Waals surface area contributed by atoms with Crippen LogP contribution in [0.1, 0.15) is 33.5 Å². The number of amides is 1. The Bertz CT molecular complexity index is 998. The molecule has 0 bridgehead atoms. The van der Waals surface area contributed by atoms with Gasteiger partial charge < -0.3 is 15.4 Å². The van der Waals surface area contributed by atoms with Gasteiger partial charge in [0.2, 0.25) is 0 Å². The van der Waals surface area contributed by atoms with Crippen LogP contribution in [0.2, 0.25) is 0 Å². The highest BCUT2D eigenvalue weighted by molar-refractivity contribution is 6.03. The summed E-state index contributed by atoms with van der Waals surface area (Å²) in [4.78, 5) is 16.9. The van der Waals surface area contributed by atoms with Crippen LogP contribution in [0.15, 0.2) is 48.7 Å². The van der Waals surface area contributed by atoms with Gasteiger partial charge in [-0.25, -0.2) is 4.98 Å². The second-order valence-corrected chi connectivity index (χ2v) is 6.60. The highest BCUT2D eigenvalue weighted by Crippen LogP contribution is 2.39. The average Bonchev–Trinajstić information content (AvgIpc) is 3.28. The number of hydrogen-bond donors (Lipinski definition) is 2. The minimum atomic E-state index is -0.227. The van der Waals surface area contributed by atoms with Gasteiger partial charge in [0.1, 0.15) is 11.8 Å². The molecule has 1 fully saturated rings. The van der Waals surface area contributed by atoms with Gasteiger partial charge in [-0.2, -0.15) is 5.10 Å². The molecule has 1 amide bonds. The second kappa shape index (κ2) is 6.85. The Kier molecular flexibility index (Phi) is 4.37. The number of carbonyl (C=O) groups excluding carboxylic acids is 1. The van der Waals surface area contributed by atoms with Crippen LogP contribution < -0.4 is 10.6 Å². The van der Waals surface area contributed by atoms with Gasteiger partial charge in [-0.05, 0) is 43.7 Å². The summed E-state index contributed by atoms with van der Waals surface area (Å²) in [6.45, 7) is 3.82. The zero-order valence-corrected chi connectivity index (χ0v) is 15.4. The van der Waals surface area contributed by atoms with Gasteiger partial charge in [0.05, 0.1) is 17.1 Å². The Morgan fingerprint density at radius 2 is 1.93 bits per heavy atom. The summed E-state index contributed by atoms with van der Waals surface area (Å²) < 4.78 is 7.49. The van der Waals surface area contributed by atoms with Crippen molar-refractivity contribution in [3.63, 3.8) is 0 Å². The van der Waals surface area contributed by atoms with E-state index in [-0.39, 0.29) is 18.2 Å². The lowest BCUT2D eigenvalue weighted by molar-refractivity contribution is 0.102. The van der Waals surface area contributed by atoms with Gasteiger partial charge in [0.15, 0.2) is 6.23 Å². The molecule has 7 nitrogen and oxygen atoms in total. The standard InChI is InChI=1S/C20H21N5O2/c1-12-6-4-5-7-14(12)23-19(26)16-9-8-15(13(2)22-16)24-20-18(27-20)17-10-11-21-25(17)3/h4-11,18,20,24H,1-3H3,(H,23,26). The molecule has 4 rings (SSSR count). The normalized spacial score (nSPS) is 18.2. The fraction of sp³-hybridized carbons (Fsp3) is 0.250. The van der Waals surface area contributed by atoms with Gasteiger partial charge >= 0.3 is 0 Å². The summed E-state index contributed by atoms with van der Waals surface area (Å²) in [7, 11) is 1.89. The van der Waals surface area contributed by atoms with Crippen LogP contribution in [-0.2, 0) is 11.8 Å². The van der Waals surface area contributed by atoms with Crippen LogP contribution in [0.5, 0.6) is 0 Å². The topological polar surface area (TPSA) is 84.4 Å². The number of hydrogen-bond acceptors (Lipinski definition) is 5. The Hall–Kier alpha value is -3.19. The molecular formula is C20H21N5O2. The molecule has 1 aliphatic heterocycles. The summed E-state index contributed by atoms with van der Waals surface area (Å²) in [6, 6.07) is 13.2. The number of epoxide rings is 1. The van der Waals surface area contributed by atoms with E-state index in [0.29, 0.717) is 5.69 Å². The van der Waals surface area contributed by atoms with Crippen LogP contribution in [0.3, 0.4) is 0 Å². The van der Waals surface area contributed by atoms with Crippen molar-refractivity contribution in [2.75, 3.05) is 10.6 Å². The molecule has 0 radical (unpaired) electrons. The van der Waals surface area contributed by atoms with E-state index in [4.69, 9.17) is 4.74 Å². The van der Waals surface area contributed by atoms with Crippen molar-refractivity contribution < 1.29 is 9.53 Å². The molecule has 138 valence electrons. The maximum atomic E-state index is 12.5. The van der Waals surface area contributed by atoms with E-state index in [1.165, 1.54) is 0 Å². The first-order valence-corrected chi connectivity index (χ1v) is 8.77. The summed E-state index contributed by atoms with van der Waals surface area (Å²) in [5, 5.41) is 10.4. The molecule has 3 aromatic rings. The molecule has 2 unspecified atom stereocenters. The first kappa shape index (κ1) is 17.2. The van der Waals surface area contributed by atoms with Gasteiger partial charge in [0, 0.05) is 18.9 Å². The number of rotatable bonds is 5. The average molecular weight is 363 g/mol. The number of ether oxygens (including phenoxy) is 1. The fourth-order valence-electron chi connectivity index (χ4n) is 3.00. The summed E-state index contributed by atoms with van der Waals surface area (Å²) in [6.07, 6.45) is 1.61. The van der Waals surface area contributed by atoms with Crippen molar-refractivity contribution in [3.8, 4) is 0 Å². The molecule has 0 aliphatic carbocycles. The van der Waals surface area contributed by atoms with Crippen LogP contribution in [0.4, 0.5) is 11.4 Å². The lowest BCUT2D eigenvalue weighted by Crippen LogP contribution is -2.16. The molecule has 2 atom stereocenters. The van der Waals surface area contributed by atoms with Crippen molar-refractivity contribution in [2.24, 2.45) is 7.05 Å². The van der Waals surface area contributed by atoms with Crippen molar-refractivity contribution in [2.45, 2.75) is 26.2 Å². The molecular weight excluding hydrogens is 342 g/mol. The third-order valence-corrected chi connectivity index (χ3v) is 4.65. The smallest absolute Gasteiger partial charge is 0.274 e. The minimum absolute atomic E-state index is 0.0269. The Morgan fingerprint density at radius 1 is 1.11 bits per heavy atom. The maximum Gasteiger partial charge on any atom is 0.274 e. The highest BCUT2D eigenvalue weighted by Gasteiger charge is 2.42. The minimum Gasteiger partial charge on any atom is -0.356 e. The van der Waals surface area contributed by atoms with E-state index >= 15 is 0 Å². The van der Waals surface area contributed by atoms with Crippen molar-refractivity contribution in [1.29, 1.82) is 0 Å². The van der Waals surface area contributed by atoms with Crippen LogP contribution >= 0.6 is 0 Å². The molecule has 2 N–H and O–H groups in total. The quantitative estimate of drug-likeness (QED) is 0.680. The molecule has 1 aromatic carbocycles. The summed E-state index contributed by atoms with van der Waals surface area (Å²) in [5.41, 5.74) is 4.78. The maximum absolute atomic E-state index is 12.5. The molecule has 0 saturated carbocycles. The number of benzene rings is 1. The zero-order valence-electron chi connectivity index (χ0n) is 15.4. The number of aromatic nitrogens is 3. The summed E-state index contributed by atoms with van der Waals surface area (Å²) >= 11 is 0. The van der Waals surface area contributed by atoms with E-state index in [1.54, 1.807) is 16.9 Å². The van der Waals surface area contributed by atoms with E-state index in [1.807, 2.05) is 57.3 Å². The molecule has 0 spiro atoms. The summed E-state index contributed by atoms with van der Waals surface area (Å²) in [5.74, 6) is -0.227. The van der Waals surface area contributed by atoms with Crippen LogP contribution in [-0.4, -0.2) is 26.9 Å². The monoisotopic (exact) mass is 363 g/mol. The number of anilines is 2. The van der Waals surface area contributed by atoms with Crippen LogP contribution in [0.25, 0.3) is 0 Å². The number of aryl methyl sites for hydroxylation is 3. The van der Waals surface area contributed by atoms with Gasteiger partial charge in [0.25, 0.3) is 5.91 Å². The van der Waals surface area contributed by atoms with Gasteiger partial charge in [-0.3, -0.25) is 9.48 Å². The van der Waals surface area contributed by atoms with Crippen molar-refractivity contribution >= 4 is 17.3 Å². The molecule has 7 heteroatoms. The Labute approximate surface area is 157 Å². The first-order chi connectivity index (χ1) is 13.0. The van der Waals surface area contributed by atoms with E-state index in [0.717, 1.165) is 28.3 Å². The van der Waals surface area contributed by atoms with Gasteiger partial charge in [-0.1, -0.05) is 18.2 Å².